The molecule has 1 unspecified atom stereocenters. The van der Waals surface area contributed by atoms with Gasteiger partial charge >= 0.3 is 0 Å². The van der Waals surface area contributed by atoms with E-state index < -0.39 is 11.9 Å². The second kappa shape index (κ2) is 9.36. The van der Waals surface area contributed by atoms with E-state index in [0.717, 1.165) is 5.56 Å². The third kappa shape index (κ3) is 6.05. The van der Waals surface area contributed by atoms with Crippen LogP contribution in [0.1, 0.15) is 29.8 Å². The van der Waals surface area contributed by atoms with Gasteiger partial charge in [-0.05, 0) is 43.7 Å². The first-order valence-electron chi connectivity index (χ1n) is 8.30. The van der Waals surface area contributed by atoms with E-state index in [1.807, 2.05) is 30.3 Å². The molecule has 0 aliphatic carbocycles. The van der Waals surface area contributed by atoms with Gasteiger partial charge in [-0.3, -0.25) is 14.4 Å². The Morgan fingerprint density at radius 3 is 2.27 bits per heavy atom. The topological polar surface area (TPSA) is 84.5 Å². The highest BCUT2D eigenvalue weighted by Gasteiger charge is 2.15. The molecule has 0 bridgehead atoms. The SMILES string of the molecule is CC(=O)c1ccc(OCC(=O)NC(C)C(=O)NCc2ccccc2)cc1. The number of nitrogens with one attached hydrogen (secondary N) is 2. The average Bonchev–Trinajstić information content (AvgIpc) is 2.65. The van der Waals surface area contributed by atoms with Crippen molar-refractivity contribution in [3.63, 3.8) is 0 Å². The maximum absolute atomic E-state index is 12.0. The van der Waals surface area contributed by atoms with Crippen LogP contribution < -0.4 is 15.4 Å². The van der Waals surface area contributed by atoms with Gasteiger partial charge in [0.1, 0.15) is 11.8 Å². The van der Waals surface area contributed by atoms with E-state index in [9.17, 15) is 14.4 Å². The molecule has 1 atom stereocenters. The number of ketones is 1. The van der Waals surface area contributed by atoms with Gasteiger partial charge in [0.15, 0.2) is 12.4 Å². The molecule has 0 saturated heterocycles. The van der Waals surface area contributed by atoms with Crippen molar-refractivity contribution in [1.29, 1.82) is 0 Å². The van der Waals surface area contributed by atoms with Crippen LogP contribution >= 0.6 is 0 Å². The van der Waals surface area contributed by atoms with Crippen molar-refractivity contribution >= 4 is 17.6 Å². The van der Waals surface area contributed by atoms with Crippen LogP contribution in [0.5, 0.6) is 5.75 Å². The lowest BCUT2D eigenvalue weighted by atomic mass is 10.1. The van der Waals surface area contributed by atoms with E-state index in [1.54, 1.807) is 31.2 Å². The van der Waals surface area contributed by atoms with Crippen LogP contribution in [0.3, 0.4) is 0 Å². The maximum Gasteiger partial charge on any atom is 0.258 e. The summed E-state index contributed by atoms with van der Waals surface area (Å²) < 4.78 is 5.36. The molecular formula is C20H22N2O4. The van der Waals surface area contributed by atoms with Crippen molar-refractivity contribution in [2.75, 3.05) is 6.61 Å². The minimum Gasteiger partial charge on any atom is -0.484 e. The molecule has 0 spiro atoms. The summed E-state index contributed by atoms with van der Waals surface area (Å²) in [4.78, 5) is 35.1. The molecular weight excluding hydrogens is 332 g/mol. The van der Waals surface area contributed by atoms with E-state index in [2.05, 4.69) is 10.6 Å². The van der Waals surface area contributed by atoms with Crippen LogP contribution in [0.15, 0.2) is 54.6 Å². The van der Waals surface area contributed by atoms with Gasteiger partial charge in [0.05, 0.1) is 0 Å². The van der Waals surface area contributed by atoms with E-state index in [0.29, 0.717) is 17.9 Å². The zero-order valence-electron chi connectivity index (χ0n) is 14.8. The highest BCUT2D eigenvalue weighted by molar-refractivity contribution is 5.94. The molecule has 0 heterocycles. The monoisotopic (exact) mass is 354 g/mol. The van der Waals surface area contributed by atoms with Crippen molar-refractivity contribution in [1.82, 2.24) is 10.6 Å². The summed E-state index contributed by atoms with van der Waals surface area (Å²) in [6.07, 6.45) is 0. The van der Waals surface area contributed by atoms with E-state index in [1.165, 1.54) is 6.92 Å². The summed E-state index contributed by atoms with van der Waals surface area (Å²) in [6.45, 7) is 3.28. The van der Waals surface area contributed by atoms with Crippen molar-refractivity contribution in [2.45, 2.75) is 26.4 Å². The number of ether oxygens (including phenoxy) is 1. The number of carbonyl (C=O) groups is 3. The summed E-state index contributed by atoms with van der Waals surface area (Å²) in [5.74, 6) is -0.230. The van der Waals surface area contributed by atoms with Crippen molar-refractivity contribution in [3.8, 4) is 5.75 Å². The zero-order valence-corrected chi connectivity index (χ0v) is 14.8. The number of carbonyl (C=O) groups excluding carboxylic acids is 3. The number of amides is 2. The second-order valence-electron chi connectivity index (χ2n) is 5.86. The van der Waals surface area contributed by atoms with E-state index in [-0.39, 0.29) is 18.3 Å². The number of Topliss-reactive ketones (excluding diaryl/α,β-unsaturated/α-hetero) is 1. The minimum atomic E-state index is -0.671. The molecule has 6 heteroatoms. The highest BCUT2D eigenvalue weighted by Crippen LogP contribution is 2.12. The minimum absolute atomic E-state index is 0.0374. The van der Waals surface area contributed by atoms with Gasteiger partial charge in [-0.2, -0.15) is 0 Å². The Morgan fingerprint density at radius 2 is 1.65 bits per heavy atom. The van der Waals surface area contributed by atoms with Crippen LogP contribution in [0.25, 0.3) is 0 Å². The zero-order chi connectivity index (χ0) is 18.9. The molecule has 0 saturated carbocycles. The fraction of sp³-hybridized carbons (Fsp3) is 0.250. The number of hydrogen-bond acceptors (Lipinski definition) is 4. The molecule has 26 heavy (non-hydrogen) atoms. The lowest BCUT2D eigenvalue weighted by Crippen LogP contribution is -2.46. The van der Waals surface area contributed by atoms with Gasteiger partial charge in [-0.1, -0.05) is 30.3 Å². The summed E-state index contributed by atoms with van der Waals surface area (Å²) in [5, 5.41) is 5.35. The summed E-state index contributed by atoms with van der Waals surface area (Å²) in [7, 11) is 0. The summed E-state index contributed by atoms with van der Waals surface area (Å²) >= 11 is 0. The average molecular weight is 354 g/mol. The highest BCUT2D eigenvalue weighted by atomic mass is 16.5. The largest absolute Gasteiger partial charge is 0.484 e. The molecule has 136 valence electrons. The van der Waals surface area contributed by atoms with Gasteiger partial charge in [0.2, 0.25) is 5.91 Å². The lowest BCUT2D eigenvalue weighted by Gasteiger charge is -2.14. The first-order valence-corrected chi connectivity index (χ1v) is 8.30. The Hall–Kier alpha value is -3.15. The van der Waals surface area contributed by atoms with Crippen LogP contribution in [-0.2, 0) is 16.1 Å². The third-order valence-electron chi connectivity index (χ3n) is 3.71. The lowest BCUT2D eigenvalue weighted by molar-refractivity contribution is -0.129. The molecule has 6 nitrogen and oxygen atoms in total. The van der Waals surface area contributed by atoms with Crippen LogP contribution in [-0.4, -0.2) is 30.2 Å². The molecule has 2 aromatic carbocycles. The molecule has 0 fully saturated rings. The fourth-order valence-electron chi connectivity index (χ4n) is 2.22. The van der Waals surface area contributed by atoms with E-state index in [4.69, 9.17) is 4.74 Å². The molecule has 2 amide bonds. The first kappa shape index (κ1) is 19.2. The van der Waals surface area contributed by atoms with Gasteiger partial charge in [-0.25, -0.2) is 0 Å². The normalized spacial score (nSPS) is 11.3. The standard InChI is InChI=1S/C20H22N2O4/c1-14(20(25)21-12-16-6-4-3-5-7-16)22-19(24)13-26-18-10-8-17(9-11-18)15(2)23/h3-11,14H,12-13H2,1-2H3,(H,21,25)(H,22,24). The Balaban J connectivity index is 1.73. The van der Waals surface area contributed by atoms with Gasteiger partial charge in [0, 0.05) is 12.1 Å². The molecule has 2 rings (SSSR count). The van der Waals surface area contributed by atoms with Crippen molar-refractivity contribution < 1.29 is 19.1 Å². The Bertz CT molecular complexity index is 757. The molecule has 0 aromatic heterocycles. The van der Waals surface area contributed by atoms with Gasteiger partial charge in [0.25, 0.3) is 5.91 Å². The Morgan fingerprint density at radius 1 is 1.00 bits per heavy atom. The van der Waals surface area contributed by atoms with Gasteiger partial charge in [-0.15, -0.1) is 0 Å². The van der Waals surface area contributed by atoms with Crippen molar-refractivity contribution in [2.24, 2.45) is 0 Å². The molecule has 2 aromatic rings. The summed E-state index contributed by atoms with van der Waals surface area (Å²) in [5.41, 5.74) is 1.56. The van der Waals surface area contributed by atoms with Gasteiger partial charge < -0.3 is 15.4 Å². The molecule has 0 aliphatic rings. The van der Waals surface area contributed by atoms with Crippen LogP contribution in [0.4, 0.5) is 0 Å². The predicted octanol–water partition coefficient (Wildman–Crippen LogP) is 2.09. The number of rotatable bonds is 8. The van der Waals surface area contributed by atoms with Crippen LogP contribution in [0, 0.1) is 0 Å². The van der Waals surface area contributed by atoms with Crippen molar-refractivity contribution in [3.05, 3.63) is 65.7 Å². The van der Waals surface area contributed by atoms with E-state index >= 15 is 0 Å². The Labute approximate surface area is 152 Å². The van der Waals surface area contributed by atoms with Crippen LogP contribution in [0.2, 0.25) is 0 Å². The first-order chi connectivity index (χ1) is 12.5. The summed E-state index contributed by atoms with van der Waals surface area (Å²) in [6, 6.07) is 15.4. The quantitative estimate of drug-likeness (QED) is 0.711. The smallest absolute Gasteiger partial charge is 0.258 e. The molecule has 0 aliphatic heterocycles. The predicted molar refractivity (Wildman–Crippen MR) is 97.8 cm³/mol. The molecule has 0 radical (unpaired) electrons. The number of hydrogen-bond donors (Lipinski definition) is 2. The molecule has 2 N–H and O–H groups in total. The Kier molecular flexibility index (Phi) is 6.91. The third-order valence-corrected chi connectivity index (χ3v) is 3.71. The second-order valence-corrected chi connectivity index (χ2v) is 5.86. The maximum atomic E-state index is 12.0. The number of benzene rings is 2. The fourth-order valence-corrected chi connectivity index (χ4v) is 2.22.